The molecule has 2 aliphatic heterocycles. The first-order chi connectivity index (χ1) is 12.3. The molecule has 3 rings (SSSR count). The number of nitrogens with zero attached hydrogens (tertiary/aromatic N) is 2. The molecule has 2 fully saturated rings. The highest BCUT2D eigenvalue weighted by Crippen LogP contribution is 2.23. The van der Waals surface area contributed by atoms with Gasteiger partial charge in [0.2, 0.25) is 0 Å². The summed E-state index contributed by atoms with van der Waals surface area (Å²) in [4.78, 5) is 5.15. The van der Waals surface area contributed by atoms with Crippen LogP contribution in [0.25, 0.3) is 0 Å². The second kappa shape index (κ2) is 15.2. The molecule has 0 spiro atoms. The summed E-state index contributed by atoms with van der Waals surface area (Å²) in [6.07, 6.45) is 2.57. The molecular formula is C22H42N2O. The maximum Gasteiger partial charge on any atom is 0.0594 e. The highest BCUT2D eigenvalue weighted by Gasteiger charge is 2.25. The van der Waals surface area contributed by atoms with Crippen molar-refractivity contribution in [3.63, 3.8) is 0 Å². The van der Waals surface area contributed by atoms with Crippen molar-refractivity contribution in [2.45, 2.75) is 67.3 Å². The Morgan fingerprint density at radius 1 is 0.760 bits per heavy atom. The van der Waals surface area contributed by atoms with E-state index in [-0.39, 0.29) is 0 Å². The van der Waals surface area contributed by atoms with Crippen LogP contribution in [-0.2, 0) is 4.74 Å². The van der Waals surface area contributed by atoms with E-state index >= 15 is 0 Å². The molecule has 0 radical (unpaired) electrons. The first-order valence-corrected chi connectivity index (χ1v) is 10.5. The van der Waals surface area contributed by atoms with E-state index in [0.29, 0.717) is 0 Å². The van der Waals surface area contributed by atoms with E-state index in [2.05, 4.69) is 41.0 Å². The van der Waals surface area contributed by atoms with E-state index < -0.39 is 0 Å². The van der Waals surface area contributed by atoms with Gasteiger partial charge in [0.05, 0.1) is 13.2 Å². The van der Waals surface area contributed by atoms with Crippen LogP contribution >= 0.6 is 0 Å². The van der Waals surface area contributed by atoms with Gasteiger partial charge >= 0.3 is 0 Å². The molecule has 3 heteroatoms. The van der Waals surface area contributed by atoms with Crippen molar-refractivity contribution in [1.82, 2.24) is 4.90 Å². The third-order valence-corrected chi connectivity index (χ3v) is 4.43. The predicted molar refractivity (Wildman–Crippen MR) is 113 cm³/mol. The summed E-state index contributed by atoms with van der Waals surface area (Å²) >= 11 is 0. The lowest BCUT2D eigenvalue weighted by molar-refractivity contribution is 0.0115. The predicted octanol–water partition coefficient (Wildman–Crippen LogP) is 5.37. The summed E-state index contributed by atoms with van der Waals surface area (Å²) < 4.78 is 5.44. The number of rotatable bonds is 2. The van der Waals surface area contributed by atoms with Gasteiger partial charge in [-0.15, -0.1) is 0 Å². The fourth-order valence-corrected chi connectivity index (χ4v) is 3.19. The van der Waals surface area contributed by atoms with Crippen molar-refractivity contribution in [2.24, 2.45) is 0 Å². The van der Waals surface area contributed by atoms with Crippen molar-refractivity contribution < 1.29 is 4.74 Å². The maximum absolute atomic E-state index is 5.44. The van der Waals surface area contributed by atoms with Gasteiger partial charge in [-0.1, -0.05) is 59.2 Å². The zero-order valence-corrected chi connectivity index (χ0v) is 17.8. The first kappa shape index (κ1) is 23.9. The van der Waals surface area contributed by atoms with Crippen molar-refractivity contribution in [3.05, 3.63) is 29.8 Å². The Morgan fingerprint density at radius 3 is 1.72 bits per heavy atom. The summed E-state index contributed by atoms with van der Waals surface area (Å²) in [5.74, 6) is 0. The SMILES string of the molecule is CC.CC.CC.Cc1ccc(N2CCC(N3CCOCC3)CC2)cc1. The van der Waals surface area contributed by atoms with Crippen LogP contribution in [0, 0.1) is 6.92 Å². The number of hydrogen-bond acceptors (Lipinski definition) is 3. The van der Waals surface area contributed by atoms with Gasteiger partial charge in [-0.05, 0) is 31.9 Å². The Balaban J connectivity index is 0.000000871. The molecule has 2 saturated heterocycles. The highest BCUT2D eigenvalue weighted by atomic mass is 16.5. The van der Waals surface area contributed by atoms with E-state index in [0.717, 1.165) is 32.3 Å². The molecule has 0 N–H and O–H groups in total. The van der Waals surface area contributed by atoms with Gasteiger partial charge in [0, 0.05) is 37.9 Å². The first-order valence-electron chi connectivity index (χ1n) is 10.5. The van der Waals surface area contributed by atoms with Gasteiger partial charge in [0.25, 0.3) is 0 Å². The number of hydrogen-bond donors (Lipinski definition) is 0. The van der Waals surface area contributed by atoms with Crippen LogP contribution in [0.15, 0.2) is 24.3 Å². The number of morpholine rings is 1. The summed E-state index contributed by atoms with van der Waals surface area (Å²) in [5, 5.41) is 0. The standard InChI is InChI=1S/C16H24N2O.3C2H6/c1-14-2-4-15(5-3-14)17-8-6-16(7-9-17)18-10-12-19-13-11-18;3*1-2/h2-5,16H,6-13H2,1H3;3*1-2H3. The Labute approximate surface area is 157 Å². The maximum atomic E-state index is 5.44. The van der Waals surface area contributed by atoms with Gasteiger partial charge in [-0.2, -0.15) is 0 Å². The Kier molecular flexibility index (Phi) is 14.6. The normalized spacial score (nSPS) is 18.0. The smallest absolute Gasteiger partial charge is 0.0594 e. The topological polar surface area (TPSA) is 15.7 Å². The number of piperidine rings is 1. The lowest BCUT2D eigenvalue weighted by Gasteiger charge is -2.40. The van der Waals surface area contributed by atoms with Crippen molar-refractivity contribution in [3.8, 4) is 0 Å². The minimum atomic E-state index is 0.769. The second-order valence-corrected chi connectivity index (χ2v) is 5.70. The summed E-state index contributed by atoms with van der Waals surface area (Å²) in [7, 11) is 0. The number of aryl methyl sites for hydroxylation is 1. The summed E-state index contributed by atoms with van der Waals surface area (Å²) in [6, 6.07) is 9.70. The molecule has 2 aliphatic rings. The lowest BCUT2D eigenvalue weighted by atomic mass is 10.0. The van der Waals surface area contributed by atoms with Crippen LogP contribution in [0.2, 0.25) is 0 Å². The number of ether oxygens (including phenoxy) is 1. The molecule has 0 aliphatic carbocycles. The van der Waals surface area contributed by atoms with E-state index in [1.165, 1.54) is 37.2 Å². The van der Waals surface area contributed by atoms with Crippen LogP contribution in [0.1, 0.15) is 59.9 Å². The molecular weight excluding hydrogens is 308 g/mol. The largest absolute Gasteiger partial charge is 0.379 e. The van der Waals surface area contributed by atoms with Crippen molar-refractivity contribution in [2.75, 3.05) is 44.3 Å². The van der Waals surface area contributed by atoms with Crippen molar-refractivity contribution >= 4 is 5.69 Å². The molecule has 0 amide bonds. The van der Waals surface area contributed by atoms with E-state index in [4.69, 9.17) is 4.74 Å². The van der Waals surface area contributed by atoms with E-state index in [9.17, 15) is 0 Å². The Bertz CT molecular complexity index is 391. The van der Waals surface area contributed by atoms with Crippen LogP contribution < -0.4 is 4.90 Å². The summed E-state index contributed by atoms with van der Waals surface area (Å²) in [6.45, 7) is 20.6. The van der Waals surface area contributed by atoms with Crippen LogP contribution in [0.5, 0.6) is 0 Å². The molecule has 1 aromatic rings. The van der Waals surface area contributed by atoms with Gasteiger partial charge in [-0.3, -0.25) is 4.90 Å². The monoisotopic (exact) mass is 350 g/mol. The quantitative estimate of drug-likeness (QED) is 0.712. The Hall–Kier alpha value is -1.06. The fraction of sp³-hybridized carbons (Fsp3) is 0.727. The molecule has 2 heterocycles. The molecule has 1 aromatic carbocycles. The minimum Gasteiger partial charge on any atom is -0.379 e. The third kappa shape index (κ3) is 8.24. The zero-order chi connectivity index (χ0) is 19.1. The zero-order valence-electron chi connectivity index (χ0n) is 17.8. The highest BCUT2D eigenvalue weighted by molar-refractivity contribution is 5.47. The van der Waals surface area contributed by atoms with Crippen LogP contribution in [0.3, 0.4) is 0 Å². The molecule has 0 bridgehead atoms. The molecule has 0 saturated carbocycles. The average molecular weight is 351 g/mol. The lowest BCUT2D eigenvalue weighted by Crippen LogP contribution is -2.49. The Morgan fingerprint density at radius 2 is 1.24 bits per heavy atom. The molecule has 146 valence electrons. The number of benzene rings is 1. The van der Waals surface area contributed by atoms with E-state index in [1.807, 2.05) is 41.5 Å². The summed E-state index contributed by atoms with van der Waals surface area (Å²) in [5.41, 5.74) is 2.72. The van der Waals surface area contributed by atoms with E-state index in [1.54, 1.807) is 0 Å². The van der Waals surface area contributed by atoms with Gasteiger partial charge in [-0.25, -0.2) is 0 Å². The number of anilines is 1. The fourth-order valence-electron chi connectivity index (χ4n) is 3.19. The molecule has 0 atom stereocenters. The van der Waals surface area contributed by atoms with Gasteiger partial charge < -0.3 is 9.64 Å². The van der Waals surface area contributed by atoms with Crippen LogP contribution in [-0.4, -0.2) is 50.3 Å². The second-order valence-electron chi connectivity index (χ2n) is 5.70. The van der Waals surface area contributed by atoms with Gasteiger partial charge in [0.15, 0.2) is 0 Å². The van der Waals surface area contributed by atoms with Crippen LogP contribution in [0.4, 0.5) is 5.69 Å². The minimum absolute atomic E-state index is 0.769. The van der Waals surface area contributed by atoms with Gasteiger partial charge in [0.1, 0.15) is 0 Å². The molecule has 3 nitrogen and oxygen atoms in total. The molecule has 0 unspecified atom stereocenters. The third-order valence-electron chi connectivity index (χ3n) is 4.43. The molecule has 25 heavy (non-hydrogen) atoms. The molecule has 0 aromatic heterocycles. The van der Waals surface area contributed by atoms with Crippen molar-refractivity contribution in [1.29, 1.82) is 0 Å². The average Bonchev–Trinajstić information content (AvgIpc) is 2.74.